The molecule has 7 heteroatoms. The molecule has 0 fully saturated rings. The number of ether oxygens (including phenoxy) is 1. The fourth-order valence-electron chi connectivity index (χ4n) is 3.50. The van der Waals surface area contributed by atoms with Crippen molar-refractivity contribution in [3.8, 4) is 17.0 Å². The van der Waals surface area contributed by atoms with Crippen molar-refractivity contribution in [2.24, 2.45) is 0 Å². The van der Waals surface area contributed by atoms with E-state index in [-0.39, 0.29) is 17.5 Å². The van der Waals surface area contributed by atoms with Crippen molar-refractivity contribution in [2.75, 3.05) is 18.2 Å². The highest BCUT2D eigenvalue weighted by Crippen LogP contribution is 2.23. The Morgan fingerprint density at radius 3 is 2.48 bits per heavy atom. The molecule has 1 atom stereocenters. The summed E-state index contributed by atoms with van der Waals surface area (Å²) in [5.41, 5.74) is 9.59. The Bertz CT molecular complexity index is 1350. The molecule has 4 rings (SSSR count). The van der Waals surface area contributed by atoms with E-state index >= 15 is 0 Å². The number of nitrogen functional groups attached to an aromatic ring is 1. The standard InChI is InChI=1S/C26H24N4O3/c1-17(30-25(31)15-14-23(29-30)20-6-5-7-21(16-20)33-2)18-10-12-19(13-11-18)26(32)28-24-9-4-3-8-22(24)27/h3-17H,27H2,1-2H3,(H,28,32)/t17-/m0/s1. The van der Waals surface area contributed by atoms with E-state index in [0.29, 0.717) is 28.4 Å². The number of aromatic nitrogens is 2. The molecule has 0 aliphatic rings. The third-order valence-corrected chi connectivity index (χ3v) is 5.42. The first kappa shape index (κ1) is 21.8. The molecule has 3 N–H and O–H groups in total. The molecule has 0 saturated heterocycles. The van der Waals surface area contributed by atoms with Crippen LogP contribution < -0.4 is 21.3 Å². The number of nitrogens with two attached hydrogens (primary N) is 1. The lowest BCUT2D eigenvalue weighted by Gasteiger charge is -2.16. The number of nitrogens with one attached hydrogen (secondary N) is 1. The Kier molecular flexibility index (Phi) is 6.22. The molecule has 1 aromatic heterocycles. The SMILES string of the molecule is COc1cccc(-c2ccc(=O)n([C@@H](C)c3ccc(C(=O)Nc4ccccc4N)cc3)n2)c1. The van der Waals surface area contributed by atoms with Crippen LogP contribution in [0.2, 0.25) is 0 Å². The van der Waals surface area contributed by atoms with Crippen LogP contribution in [0.5, 0.6) is 5.75 Å². The Balaban J connectivity index is 1.57. The maximum absolute atomic E-state index is 12.6. The molecule has 0 spiro atoms. The lowest BCUT2D eigenvalue weighted by Crippen LogP contribution is -2.26. The number of hydrogen-bond donors (Lipinski definition) is 2. The summed E-state index contributed by atoms with van der Waals surface area (Å²) in [6.45, 7) is 1.89. The molecule has 3 aromatic carbocycles. The number of para-hydroxylation sites is 2. The molecule has 33 heavy (non-hydrogen) atoms. The molecule has 0 radical (unpaired) electrons. The van der Waals surface area contributed by atoms with Gasteiger partial charge in [-0.3, -0.25) is 9.59 Å². The lowest BCUT2D eigenvalue weighted by molar-refractivity contribution is 0.102. The van der Waals surface area contributed by atoms with Gasteiger partial charge in [-0.1, -0.05) is 36.4 Å². The molecule has 0 aliphatic carbocycles. The first-order valence-corrected chi connectivity index (χ1v) is 10.5. The van der Waals surface area contributed by atoms with E-state index in [1.807, 2.05) is 43.3 Å². The van der Waals surface area contributed by atoms with Gasteiger partial charge in [0.25, 0.3) is 11.5 Å². The minimum Gasteiger partial charge on any atom is -0.497 e. The summed E-state index contributed by atoms with van der Waals surface area (Å²) in [5, 5.41) is 7.38. The van der Waals surface area contributed by atoms with E-state index in [0.717, 1.165) is 11.1 Å². The van der Waals surface area contributed by atoms with Gasteiger partial charge in [0.05, 0.1) is 30.2 Å². The molecule has 166 valence electrons. The van der Waals surface area contributed by atoms with E-state index in [9.17, 15) is 9.59 Å². The predicted molar refractivity (Wildman–Crippen MR) is 130 cm³/mol. The number of amides is 1. The predicted octanol–water partition coefficient (Wildman–Crippen LogP) is 4.36. The quantitative estimate of drug-likeness (QED) is 0.434. The van der Waals surface area contributed by atoms with Gasteiger partial charge in [0, 0.05) is 17.2 Å². The van der Waals surface area contributed by atoms with Crippen molar-refractivity contribution in [3.05, 3.63) is 106 Å². The number of hydrogen-bond acceptors (Lipinski definition) is 5. The van der Waals surface area contributed by atoms with Crippen molar-refractivity contribution in [3.63, 3.8) is 0 Å². The van der Waals surface area contributed by atoms with Crippen LogP contribution in [0.4, 0.5) is 11.4 Å². The highest BCUT2D eigenvalue weighted by molar-refractivity contribution is 6.05. The average Bonchev–Trinajstić information content (AvgIpc) is 2.85. The third kappa shape index (κ3) is 4.77. The highest BCUT2D eigenvalue weighted by Gasteiger charge is 2.14. The Morgan fingerprint density at radius 1 is 1.00 bits per heavy atom. The van der Waals surface area contributed by atoms with Crippen LogP contribution in [0.1, 0.15) is 28.9 Å². The summed E-state index contributed by atoms with van der Waals surface area (Å²) < 4.78 is 6.72. The minimum atomic E-state index is -0.329. The van der Waals surface area contributed by atoms with Gasteiger partial charge in [-0.2, -0.15) is 5.10 Å². The molecule has 4 aromatic rings. The largest absolute Gasteiger partial charge is 0.497 e. The van der Waals surface area contributed by atoms with Crippen LogP contribution in [0.25, 0.3) is 11.3 Å². The molecule has 7 nitrogen and oxygen atoms in total. The second-order valence-corrected chi connectivity index (χ2v) is 7.57. The molecule has 0 bridgehead atoms. The number of benzene rings is 3. The second-order valence-electron chi connectivity index (χ2n) is 7.57. The molecule has 0 saturated carbocycles. The number of rotatable bonds is 6. The van der Waals surface area contributed by atoms with E-state index in [4.69, 9.17) is 10.5 Å². The zero-order chi connectivity index (χ0) is 23.4. The minimum absolute atomic E-state index is 0.212. The summed E-state index contributed by atoms with van der Waals surface area (Å²) in [5.74, 6) is 0.452. The van der Waals surface area contributed by atoms with Crippen LogP contribution in [0.3, 0.4) is 0 Å². The van der Waals surface area contributed by atoms with Gasteiger partial charge in [-0.05, 0) is 55.0 Å². The van der Waals surface area contributed by atoms with E-state index in [2.05, 4.69) is 10.4 Å². The van der Waals surface area contributed by atoms with Gasteiger partial charge in [-0.15, -0.1) is 0 Å². The van der Waals surface area contributed by atoms with Crippen molar-refractivity contribution in [1.82, 2.24) is 9.78 Å². The van der Waals surface area contributed by atoms with Crippen molar-refractivity contribution >= 4 is 17.3 Å². The summed E-state index contributed by atoms with van der Waals surface area (Å²) in [4.78, 5) is 25.1. The number of methoxy groups -OCH3 is 1. The summed E-state index contributed by atoms with van der Waals surface area (Å²) in [7, 11) is 1.61. The molecular formula is C26H24N4O3. The number of anilines is 2. The van der Waals surface area contributed by atoms with Gasteiger partial charge in [0.1, 0.15) is 5.75 Å². The van der Waals surface area contributed by atoms with Crippen molar-refractivity contribution < 1.29 is 9.53 Å². The maximum Gasteiger partial charge on any atom is 0.267 e. The third-order valence-electron chi connectivity index (χ3n) is 5.42. The highest BCUT2D eigenvalue weighted by atomic mass is 16.5. The van der Waals surface area contributed by atoms with Crippen LogP contribution in [0.15, 0.2) is 89.7 Å². The van der Waals surface area contributed by atoms with Crippen LogP contribution in [-0.2, 0) is 0 Å². The van der Waals surface area contributed by atoms with Crippen molar-refractivity contribution in [2.45, 2.75) is 13.0 Å². The second kappa shape index (κ2) is 9.40. The monoisotopic (exact) mass is 440 g/mol. The van der Waals surface area contributed by atoms with Gasteiger partial charge >= 0.3 is 0 Å². The Labute approximate surface area is 191 Å². The van der Waals surface area contributed by atoms with Gasteiger partial charge in [0.15, 0.2) is 0 Å². The average molecular weight is 441 g/mol. The molecule has 1 heterocycles. The number of nitrogens with zero attached hydrogens (tertiary/aromatic N) is 2. The lowest BCUT2D eigenvalue weighted by atomic mass is 10.1. The zero-order valence-electron chi connectivity index (χ0n) is 18.4. The van der Waals surface area contributed by atoms with Crippen LogP contribution in [0, 0.1) is 0 Å². The molecule has 0 aliphatic heterocycles. The Hall–Kier alpha value is -4.39. The molecular weight excluding hydrogens is 416 g/mol. The van der Waals surface area contributed by atoms with E-state index < -0.39 is 0 Å². The first-order valence-electron chi connectivity index (χ1n) is 10.5. The fraction of sp³-hybridized carbons (Fsp3) is 0.115. The molecule has 1 amide bonds. The zero-order valence-corrected chi connectivity index (χ0v) is 18.4. The van der Waals surface area contributed by atoms with Crippen LogP contribution >= 0.6 is 0 Å². The summed E-state index contributed by atoms with van der Waals surface area (Å²) in [6.07, 6.45) is 0. The summed E-state index contributed by atoms with van der Waals surface area (Å²) >= 11 is 0. The number of carbonyl (C=O) groups is 1. The molecule has 0 unspecified atom stereocenters. The summed E-state index contributed by atoms with van der Waals surface area (Å²) in [6, 6.07) is 24.6. The van der Waals surface area contributed by atoms with Gasteiger partial charge < -0.3 is 15.8 Å². The van der Waals surface area contributed by atoms with E-state index in [1.165, 1.54) is 10.7 Å². The smallest absolute Gasteiger partial charge is 0.267 e. The topological polar surface area (TPSA) is 99.2 Å². The normalized spacial score (nSPS) is 11.6. The van der Waals surface area contributed by atoms with Crippen LogP contribution in [-0.4, -0.2) is 22.8 Å². The fourth-order valence-corrected chi connectivity index (χ4v) is 3.50. The van der Waals surface area contributed by atoms with Gasteiger partial charge in [0.2, 0.25) is 0 Å². The Morgan fingerprint density at radius 2 is 1.76 bits per heavy atom. The van der Waals surface area contributed by atoms with Gasteiger partial charge in [-0.25, -0.2) is 4.68 Å². The first-order chi connectivity index (χ1) is 16.0. The maximum atomic E-state index is 12.6. The number of carbonyl (C=O) groups excluding carboxylic acids is 1. The van der Waals surface area contributed by atoms with E-state index in [1.54, 1.807) is 49.6 Å². The van der Waals surface area contributed by atoms with Crippen molar-refractivity contribution in [1.29, 1.82) is 0 Å².